The van der Waals surface area contributed by atoms with E-state index in [0.717, 1.165) is 18.5 Å². The van der Waals surface area contributed by atoms with Crippen molar-refractivity contribution in [1.29, 1.82) is 0 Å². The average Bonchev–Trinajstić information content (AvgIpc) is 3.26. The highest BCUT2D eigenvalue weighted by Gasteiger charge is 2.14. The van der Waals surface area contributed by atoms with Gasteiger partial charge in [0, 0.05) is 18.1 Å². The normalized spacial score (nSPS) is 12.9. The summed E-state index contributed by atoms with van der Waals surface area (Å²) in [4.78, 5) is 12.4. The summed E-state index contributed by atoms with van der Waals surface area (Å²) in [5.74, 6) is 0.305. The van der Waals surface area contributed by atoms with Crippen molar-refractivity contribution in [3.63, 3.8) is 0 Å². The molecule has 1 aliphatic carbocycles. The molecule has 0 saturated heterocycles. The first-order valence-electron chi connectivity index (χ1n) is 7.87. The van der Waals surface area contributed by atoms with Crippen molar-refractivity contribution in [3.05, 3.63) is 83.7 Å². The number of carbonyl (C=O) groups excluding carboxylic acids is 1. The number of nitrogens with zero attached hydrogens (tertiary/aromatic N) is 1. The highest BCUT2D eigenvalue weighted by molar-refractivity contribution is 5.91. The fourth-order valence-corrected chi connectivity index (χ4v) is 3.08. The molecule has 0 unspecified atom stereocenters. The van der Waals surface area contributed by atoms with E-state index in [-0.39, 0.29) is 5.97 Å². The summed E-state index contributed by atoms with van der Waals surface area (Å²) >= 11 is 0. The van der Waals surface area contributed by atoms with E-state index in [1.54, 1.807) is 6.07 Å². The maximum atomic E-state index is 12.4. The molecule has 4 rings (SSSR count). The number of aryl methyl sites for hydroxylation is 2. The number of carbonyl (C=O) groups is 1. The summed E-state index contributed by atoms with van der Waals surface area (Å²) in [5.41, 5.74) is 4.17. The van der Waals surface area contributed by atoms with Gasteiger partial charge in [-0.25, -0.2) is 4.79 Å². The van der Waals surface area contributed by atoms with Gasteiger partial charge in [-0.1, -0.05) is 12.1 Å². The minimum Gasteiger partial charge on any atom is -0.423 e. The number of aromatic nitrogens is 1. The van der Waals surface area contributed by atoms with Crippen LogP contribution in [0.3, 0.4) is 0 Å². The quantitative estimate of drug-likeness (QED) is 0.537. The number of hydrogen-bond acceptors (Lipinski definition) is 2. The molecule has 3 nitrogen and oxygen atoms in total. The van der Waals surface area contributed by atoms with E-state index in [4.69, 9.17) is 4.74 Å². The van der Waals surface area contributed by atoms with Gasteiger partial charge in [0.2, 0.25) is 0 Å². The Balaban J connectivity index is 1.56. The smallest absolute Gasteiger partial charge is 0.343 e. The van der Waals surface area contributed by atoms with Gasteiger partial charge in [-0.2, -0.15) is 0 Å². The predicted molar refractivity (Wildman–Crippen MR) is 89.2 cm³/mol. The van der Waals surface area contributed by atoms with Crippen LogP contribution in [0.2, 0.25) is 0 Å². The summed E-state index contributed by atoms with van der Waals surface area (Å²) in [7, 11) is 0. The first-order chi connectivity index (χ1) is 11.3. The van der Waals surface area contributed by atoms with E-state index in [1.807, 2.05) is 59.4 Å². The van der Waals surface area contributed by atoms with Crippen LogP contribution in [-0.4, -0.2) is 10.5 Å². The van der Waals surface area contributed by atoms with Gasteiger partial charge in [0.1, 0.15) is 5.75 Å². The summed E-state index contributed by atoms with van der Waals surface area (Å²) in [5, 5.41) is 0. The molecular formula is C20H17NO2. The van der Waals surface area contributed by atoms with Crippen LogP contribution in [-0.2, 0) is 12.8 Å². The lowest BCUT2D eigenvalue weighted by Gasteiger charge is -2.08. The second kappa shape index (κ2) is 5.76. The second-order valence-corrected chi connectivity index (χ2v) is 5.81. The Hall–Kier alpha value is -2.81. The molecule has 2 aromatic carbocycles. The van der Waals surface area contributed by atoms with Gasteiger partial charge in [-0.15, -0.1) is 0 Å². The number of rotatable bonds is 3. The lowest BCUT2D eigenvalue weighted by Crippen LogP contribution is -2.09. The summed E-state index contributed by atoms with van der Waals surface area (Å²) < 4.78 is 7.51. The summed E-state index contributed by atoms with van der Waals surface area (Å²) in [6, 6.07) is 17.3. The van der Waals surface area contributed by atoms with E-state index < -0.39 is 0 Å². The third-order valence-electron chi connectivity index (χ3n) is 4.26. The van der Waals surface area contributed by atoms with Crippen LogP contribution in [0, 0.1) is 0 Å². The van der Waals surface area contributed by atoms with Crippen molar-refractivity contribution in [1.82, 2.24) is 4.57 Å². The van der Waals surface area contributed by atoms with Gasteiger partial charge >= 0.3 is 5.97 Å². The van der Waals surface area contributed by atoms with Crippen molar-refractivity contribution in [2.45, 2.75) is 19.3 Å². The SMILES string of the molecule is O=C(Oc1ccc2c(c1)CCC2)c1cccc(-n2cccc2)c1. The van der Waals surface area contributed by atoms with Crippen molar-refractivity contribution in [2.75, 3.05) is 0 Å². The Labute approximate surface area is 135 Å². The molecule has 1 heterocycles. The van der Waals surface area contributed by atoms with Crippen LogP contribution in [0.4, 0.5) is 0 Å². The Morgan fingerprint density at radius 2 is 1.74 bits per heavy atom. The Bertz CT molecular complexity index is 850. The molecule has 0 aliphatic heterocycles. The Morgan fingerprint density at radius 3 is 2.61 bits per heavy atom. The Morgan fingerprint density at radius 1 is 0.913 bits per heavy atom. The zero-order valence-corrected chi connectivity index (χ0v) is 12.7. The van der Waals surface area contributed by atoms with E-state index >= 15 is 0 Å². The molecule has 23 heavy (non-hydrogen) atoms. The van der Waals surface area contributed by atoms with Crippen LogP contribution in [0.1, 0.15) is 27.9 Å². The van der Waals surface area contributed by atoms with Crippen molar-refractivity contribution < 1.29 is 9.53 Å². The molecule has 0 N–H and O–H groups in total. The van der Waals surface area contributed by atoms with E-state index in [9.17, 15) is 4.79 Å². The minimum atomic E-state index is -0.322. The topological polar surface area (TPSA) is 31.2 Å². The standard InChI is InChI=1S/C20H17NO2/c22-20(23-19-10-9-15-5-3-6-16(15)14-19)17-7-4-8-18(13-17)21-11-1-2-12-21/h1-2,4,7-14H,3,5-6H2. The first kappa shape index (κ1) is 13.8. The largest absolute Gasteiger partial charge is 0.423 e. The second-order valence-electron chi connectivity index (χ2n) is 5.81. The fraction of sp³-hybridized carbons (Fsp3) is 0.150. The number of ether oxygens (including phenoxy) is 1. The molecule has 1 aliphatic rings. The maximum Gasteiger partial charge on any atom is 0.343 e. The van der Waals surface area contributed by atoms with Gasteiger partial charge < -0.3 is 9.30 Å². The number of esters is 1. The van der Waals surface area contributed by atoms with Crippen LogP contribution in [0.15, 0.2) is 67.0 Å². The molecule has 0 atom stereocenters. The molecule has 3 aromatic rings. The van der Waals surface area contributed by atoms with E-state index in [2.05, 4.69) is 6.07 Å². The highest BCUT2D eigenvalue weighted by atomic mass is 16.5. The Kier molecular flexibility index (Phi) is 3.46. The van der Waals surface area contributed by atoms with Gasteiger partial charge in [0.15, 0.2) is 0 Å². The number of fused-ring (bicyclic) bond motifs is 1. The van der Waals surface area contributed by atoms with Crippen molar-refractivity contribution >= 4 is 5.97 Å². The zero-order chi connectivity index (χ0) is 15.6. The van der Waals surface area contributed by atoms with Crippen LogP contribution >= 0.6 is 0 Å². The molecule has 1 aromatic heterocycles. The van der Waals surface area contributed by atoms with Crippen LogP contribution in [0.25, 0.3) is 5.69 Å². The van der Waals surface area contributed by atoms with E-state index in [0.29, 0.717) is 11.3 Å². The van der Waals surface area contributed by atoms with Gasteiger partial charge in [0.25, 0.3) is 0 Å². The zero-order valence-electron chi connectivity index (χ0n) is 12.7. The fourth-order valence-electron chi connectivity index (χ4n) is 3.08. The van der Waals surface area contributed by atoms with Crippen molar-refractivity contribution in [3.8, 4) is 11.4 Å². The molecule has 114 valence electrons. The third kappa shape index (κ3) is 2.78. The molecule has 0 fully saturated rings. The lowest BCUT2D eigenvalue weighted by atomic mass is 10.1. The molecule has 0 radical (unpaired) electrons. The molecule has 0 spiro atoms. The molecule has 0 amide bonds. The summed E-state index contributed by atoms with van der Waals surface area (Å²) in [6.45, 7) is 0. The van der Waals surface area contributed by atoms with Gasteiger partial charge in [-0.3, -0.25) is 0 Å². The number of benzene rings is 2. The highest BCUT2D eigenvalue weighted by Crippen LogP contribution is 2.26. The number of hydrogen-bond donors (Lipinski definition) is 0. The van der Waals surface area contributed by atoms with Gasteiger partial charge in [0.05, 0.1) is 5.56 Å². The molecular weight excluding hydrogens is 286 g/mol. The summed E-state index contributed by atoms with van der Waals surface area (Å²) in [6.07, 6.45) is 7.29. The van der Waals surface area contributed by atoms with Gasteiger partial charge in [-0.05, 0) is 72.9 Å². The lowest BCUT2D eigenvalue weighted by molar-refractivity contribution is 0.0734. The molecule has 0 bridgehead atoms. The molecule has 0 saturated carbocycles. The third-order valence-corrected chi connectivity index (χ3v) is 4.26. The minimum absolute atomic E-state index is 0.322. The monoisotopic (exact) mass is 303 g/mol. The first-order valence-corrected chi connectivity index (χ1v) is 7.87. The van der Waals surface area contributed by atoms with Crippen LogP contribution in [0.5, 0.6) is 5.75 Å². The average molecular weight is 303 g/mol. The van der Waals surface area contributed by atoms with Crippen LogP contribution < -0.4 is 4.74 Å². The predicted octanol–water partition coefficient (Wildman–Crippen LogP) is 4.19. The van der Waals surface area contributed by atoms with E-state index in [1.165, 1.54) is 17.5 Å². The molecule has 3 heteroatoms. The maximum absolute atomic E-state index is 12.4. The van der Waals surface area contributed by atoms with Crippen molar-refractivity contribution in [2.24, 2.45) is 0 Å².